The van der Waals surface area contributed by atoms with Gasteiger partial charge in [0.2, 0.25) is 0 Å². The van der Waals surface area contributed by atoms with Gasteiger partial charge in [-0.25, -0.2) is 4.39 Å². The molecule has 130 valence electrons. The summed E-state index contributed by atoms with van der Waals surface area (Å²) in [7, 11) is 0. The van der Waals surface area contributed by atoms with Crippen molar-refractivity contribution in [2.45, 2.75) is 6.92 Å². The van der Waals surface area contributed by atoms with Crippen LogP contribution in [0.4, 0.5) is 4.39 Å². The molecule has 8 nitrogen and oxygen atoms in total. The van der Waals surface area contributed by atoms with E-state index in [1.807, 2.05) is 0 Å². The van der Waals surface area contributed by atoms with Gasteiger partial charge in [0.1, 0.15) is 0 Å². The van der Waals surface area contributed by atoms with E-state index in [4.69, 9.17) is 0 Å². The number of carbonyl (C=O) groups is 2. The lowest BCUT2D eigenvalue weighted by Gasteiger charge is -2.21. The van der Waals surface area contributed by atoms with Crippen LogP contribution in [-0.2, 0) is 0 Å². The van der Waals surface area contributed by atoms with Gasteiger partial charge in [-0.15, -0.1) is 0 Å². The Morgan fingerprint density at radius 3 is 2.32 bits per heavy atom. The molecule has 0 aromatic carbocycles. The monoisotopic (exact) mass is 344 g/mol. The van der Waals surface area contributed by atoms with Crippen molar-refractivity contribution in [1.29, 1.82) is 0 Å². The van der Waals surface area contributed by atoms with E-state index in [2.05, 4.69) is 20.4 Å². The Morgan fingerprint density at radius 2 is 1.76 bits per heavy atom. The molecule has 1 N–H and O–H groups in total. The van der Waals surface area contributed by atoms with E-state index in [-0.39, 0.29) is 29.2 Å². The van der Waals surface area contributed by atoms with Crippen LogP contribution in [-0.4, -0.2) is 68.2 Å². The maximum atomic E-state index is 13.8. The molecule has 9 heteroatoms. The third kappa shape index (κ3) is 2.65. The topological polar surface area (TPSA) is 95.1 Å². The van der Waals surface area contributed by atoms with E-state index < -0.39 is 5.82 Å². The number of carbonyl (C=O) groups excluding carboxylic acids is 2. The molecule has 25 heavy (non-hydrogen) atoms. The molecular formula is C16H17FN6O2. The lowest BCUT2D eigenvalue weighted by molar-refractivity contribution is 0.0733. The number of amides is 2. The number of pyridine rings is 1. The first-order valence-electron chi connectivity index (χ1n) is 8.10. The van der Waals surface area contributed by atoms with E-state index in [1.165, 1.54) is 12.3 Å². The number of aromatic nitrogens is 4. The van der Waals surface area contributed by atoms with Gasteiger partial charge in [0.05, 0.1) is 17.5 Å². The maximum absolute atomic E-state index is 13.8. The first kappa shape index (κ1) is 15.7. The molecule has 2 amide bonds. The van der Waals surface area contributed by atoms with Gasteiger partial charge in [0.25, 0.3) is 11.8 Å². The predicted molar refractivity (Wildman–Crippen MR) is 84.1 cm³/mol. The summed E-state index contributed by atoms with van der Waals surface area (Å²) < 4.78 is 13.8. The molecule has 2 aliphatic rings. The van der Waals surface area contributed by atoms with Crippen LogP contribution in [0, 0.1) is 24.6 Å². The Bertz CT molecular complexity index is 824. The summed E-state index contributed by atoms with van der Waals surface area (Å²) in [6, 6.07) is 1.40. The number of aryl methyl sites for hydroxylation is 1. The fraction of sp³-hybridized carbons (Fsp3) is 0.438. The average molecular weight is 344 g/mol. The molecule has 0 spiro atoms. The highest BCUT2D eigenvalue weighted by atomic mass is 19.1. The van der Waals surface area contributed by atoms with Crippen LogP contribution in [0.2, 0.25) is 0 Å². The van der Waals surface area contributed by atoms with Crippen LogP contribution in [0.1, 0.15) is 26.5 Å². The molecule has 4 heterocycles. The number of likely N-dealkylation sites (tertiary alicyclic amines) is 2. The van der Waals surface area contributed by atoms with Crippen molar-refractivity contribution in [2.24, 2.45) is 11.8 Å². The number of halogens is 1. The molecule has 2 aliphatic heterocycles. The second-order valence-electron chi connectivity index (χ2n) is 6.55. The summed E-state index contributed by atoms with van der Waals surface area (Å²) in [5.74, 6) is -0.670. The van der Waals surface area contributed by atoms with E-state index in [9.17, 15) is 14.0 Å². The highest BCUT2D eigenvalue weighted by molar-refractivity contribution is 5.95. The van der Waals surface area contributed by atoms with Crippen LogP contribution in [0.25, 0.3) is 0 Å². The maximum Gasteiger partial charge on any atom is 0.276 e. The number of fused-ring (bicyclic) bond motifs is 1. The Labute approximate surface area is 143 Å². The normalized spacial score (nSPS) is 22.3. The van der Waals surface area contributed by atoms with Gasteiger partial charge in [-0.1, -0.05) is 0 Å². The fourth-order valence-electron chi connectivity index (χ4n) is 3.68. The lowest BCUT2D eigenvalue weighted by Crippen LogP contribution is -2.36. The fourth-order valence-corrected chi connectivity index (χ4v) is 3.68. The molecule has 2 aromatic heterocycles. The summed E-state index contributed by atoms with van der Waals surface area (Å²) in [6.45, 7) is 3.91. The highest BCUT2D eigenvalue weighted by Crippen LogP contribution is 2.32. The molecule has 2 unspecified atom stereocenters. The summed E-state index contributed by atoms with van der Waals surface area (Å²) >= 11 is 0. The van der Waals surface area contributed by atoms with Crippen LogP contribution in [0.3, 0.4) is 0 Å². The summed E-state index contributed by atoms with van der Waals surface area (Å²) in [5.41, 5.74) is 0.958. The van der Waals surface area contributed by atoms with Crippen LogP contribution in [0.5, 0.6) is 0 Å². The van der Waals surface area contributed by atoms with Gasteiger partial charge in [0.15, 0.2) is 11.5 Å². The van der Waals surface area contributed by atoms with Crippen molar-refractivity contribution in [3.8, 4) is 0 Å². The summed E-state index contributed by atoms with van der Waals surface area (Å²) in [4.78, 5) is 32.1. The Morgan fingerprint density at radius 1 is 1.12 bits per heavy atom. The molecule has 2 saturated heterocycles. The average Bonchev–Trinajstić information content (AvgIpc) is 3.28. The van der Waals surface area contributed by atoms with E-state index in [1.54, 1.807) is 16.7 Å². The SMILES string of the molecule is Cc1n[nH]nc1C(=O)N1CC2CN(C(=O)c3ccncc3F)CC2C1. The lowest BCUT2D eigenvalue weighted by atomic mass is 10.0. The van der Waals surface area contributed by atoms with Gasteiger partial charge < -0.3 is 9.80 Å². The first-order valence-corrected chi connectivity index (χ1v) is 8.10. The molecule has 4 rings (SSSR count). The molecule has 0 aliphatic carbocycles. The summed E-state index contributed by atoms with van der Waals surface area (Å²) in [6.07, 6.45) is 2.46. The van der Waals surface area contributed by atoms with Crippen LogP contribution >= 0.6 is 0 Å². The number of rotatable bonds is 2. The van der Waals surface area contributed by atoms with Crippen molar-refractivity contribution in [2.75, 3.05) is 26.2 Å². The highest BCUT2D eigenvalue weighted by Gasteiger charge is 2.44. The molecule has 2 aromatic rings. The zero-order chi connectivity index (χ0) is 17.6. The molecule has 0 saturated carbocycles. The Balaban J connectivity index is 1.43. The van der Waals surface area contributed by atoms with E-state index >= 15 is 0 Å². The molecule has 2 atom stereocenters. The van der Waals surface area contributed by atoms with Crippen molar-refractivity contribution < 1.29 is 14.0 Å². The van der Waals surface area contributed by atoms with Crippen molar-refractivity contribution in [3.05, 3.63) is 41.2 Å². The first-order chi connectivity index (χ1) is 12.0. The number of aromatic amines is 1. The second kappa shape index (κ2) is 5.91. The van der Waals surface area contributed by atoms with Gasteiger partial charge in [0, 0.05) is 44.2 Å². The van der Waals surface area contributed by atoms with Gasteiger partial charge in [-0.3, -0.25) is 14.6 Å². The number of nitrogens with zero attached hydrogens (tertiary/aromatic N) is 5. The second-order valence-corrected chi connectivity index (χ2v) is 6.55. The molecule has 2 fully saturated rings. The zero-order valence-corrected chi connectivity index (χ0v) is 13.6. The van der Waals surface area contributed by atoms with Gasteiger partial charge in [-0.2, -0.15) is 15.4 Å². The molecular weight excluding hydrogens is 327 g/mol. The zero-order valence-electron chi connectivity index (χ0n) is 13.6. The van der Waals surface area contributed by atoms with E-state index in [0.717, 1.165) is 6.20 Å². The third-order valence-electron chi connectivity index (χ3n) is 4.99. The van der Waals surface area contributed by atoms with Crippen LogP contribution in [0.15, 0.2) is 18.5 Å². The number of nitrogens with one attached hydrogen (secondary N) is 1. The Kier molecular flexibility index (Phi) is 3.70. The van der Waals surface area contributed by atoms with Gasteiger partial charge >= 0.3 is 0 Å². The smallest absolute Gasteiger partial charge is 0.276 e. The van der Waals surface area contributed by atoms with Crippen molar-refractivity contribution in [3.63, 3.8) is 0 Å². The number of hydrogen-bond acceptors (Lipinski definition) is 5. The standard InChI is InChI=1S/C16H17FN6O2/c1-9-14(20-21-19-9)16(25)23-7-10-5-22(6-11(10)8-23)15(24)12-2-3-18-4-13(12)17/h2-4,10-11H,5-8H2,1H3,(H,19,20,21). The van der Waals surface area contributed by atoms with E-state index in [0.29, 0.717) is 37.6 Å². The largest absolute Gasteiger partial charge is 0.338 e. The Hall–Kier alpha value is -2.84. The third-order valence-corrected chi connectivity index (χ3v) is 4.99. The molecule has 0 radical (unpaired) electrons. The summed E-state index contributed by atoms with van der Waals surface area (Å²) in [5, 5.41) is 10.2. The van der Waals surface area contributed by atoms with Crippen molar-refractivity contribution >= 4 is 11.8 Å². The van der Waals surface area contributed by atoms with Crippen molar-refractivity contribution in [1.82, 2.24) is 30.2 Å². The minimum atomic E-state index is -0.608. The quantitative estimate of drug-likeness (QED) is 0.856. The minimum absolute atomic E-state index is 0.0427. The molecule has 0 bridgehead atoms. The van der Waals surface area contributed by atoms with Crippen LogP contribution < -0.4 is 0 Å². The number of H-pyrrole nitrogens is 1. The minimum Gasteiger partial charge on any atom is -0.338 e. The number of hydrogen-bond donors (Lipinski definition) is 1. The van der Waals surface area contributed by atoms with Gasteiger partial charge in [-0.05, 0) is 13.0 Å². The predicted octanol–water partition coefficient (Wildman–Crippen LogP) is 0.491.